The van der Waals surface area contributed by atoms with Crippen LogP contribution < -0.4 is 0 Å². The Hall–Kier alpha value is -1.33. The van der Waals surface area contributed by atoms with E-state index in [1.165, 1.54) is 0 Å². The van der Waals surface area contributed by atoms with Gasteiger partial charge >= 0.3 is 0 Å². The molecule has 0 aromatic carbocycles. The summed E-state index contributed by atoms with van der Waals surface area (Å²) in [5.74, 6) is -0.0545. The molecule has 1 unspecified atom stereocenters. The van der Waals surface area contributed by atoms with Gasteiger partial charge in [-0.25, -0.2) is 0 Å². The first-order valence-corrected chi connectivity index (χ1v) is 6.15. The van der Waals surface area contributed by atoms with Crippen LogP contribution in [0, 0.1) is 17.2 Å². The van der Waals surface area contributed by atoms with E-state index in [4.69, 9.17) is 5.26 Å². The van der Waals surface area contributed by atoms with Gasteiger partial charge in [0.25, 0.3) is 0 Å². The van der Waals surface area contributed by atoms with Gasteiger partial charge in [0.05, 0.1) is 12.0 Å². The molecule has 0 rings (SSSR count). The predicted molar refractivity (Wildman–Crippen MR) is 76.7 cm³/mol. The van der Waals surface area contributed by atoms with Gasteiger partial charge in [0.15, 0.2) is 0 Å². The van der Waals surface area contributed by atoms with Crippen LogP contribution in [0.2, 0.25) is 0 Å². The summed E-state index contributed by atoms with van der Waals surface area (Å²) in [7, 11) is 4.02. The van der Waals surface area contributed by atoms with Crippen LogP contribution in [0.4, 0.5) is 0 Å². The van der Waals surface area contributed by atoms with Crippen LogP contribution in [-0.4, -0.2) is 25.5 Å². The summed E-state index contributed by atoms with van der Waals surface area (Å²) in [6, 6.07) is 2.32. The van der Waals surface area contributed by atoms with Crippen molar-refractivity contribution in [3.63, 3.8) is 0 Å². The average Bonchev–Trinajstić information content (AvgIpc) is 2.35. The van der Waals surface area contributed by atoms with E-state index in [-0.39, 0.29) is 5.92 Å². The monoisotopic (exact) mass is 234 g/mol. The van der Waals surface area contributed by atoms with Gasteiger partial charge in [-0.15, -0.1) is 0 Å². The molecule has 1 atom stereocenters. The maximum absolute atomic E-state index is 9.06. The van der Waals surface area contributed by atoms with E-state index < -0.39 is 0 Å². The van der Waals surface area contributed by atoms with E-state index >= 15 is 0 Å². The van der Waals surface area contributed by atoms with E-state index in [0.717, 1.165) is 18.5 Å². The summed E-state index contributed by atoms with van der Waals surface area (Å²) in [5.41, 5.74) is 0.998. The van der Waals surface area contributed by atoms with Crippen LogP contribution in [0.25, 0.3) is 0 Å². The molecule has 0 aliphatic heterocycles. The maximum atomic E-state index is 9.06. The average molecular weight is 234 g/mol. The van der Waals surface area contributed by atoms with Gasteiger partial charge in [-0.2, -0.15) is 5.26 Å². The second-order valence-electron chi connectivity index (χ2n) is 3.67. The van der Waals surface area contributed by atoms with Crippen LogP contribution >= 0.6 is 0 Å². The first-order chi connectivity index (χ1) is 8.15. The molecule has 0 N–H and O–H groups in total. The highest BCUT2D eigenvalue weighted by molar-refractivity contribution is 5.28. The van der Waals surface area contributed by atoms with Crippen LogP contribution in [0.5, 0.6) is 0 Å². The molecular weight excluding hydrogens is 208 g/mol. The zero-order valence-corrected chi connectivity index (χ0v) is 11.9. The lowest BCUT2D eigenvalue weighted by molar-refractivity contribution is 0.386. The minimum absolute atomic E-state index is 0.0545. The van der Waals surface area contributed by atoms with Crippen LogP contribution in [-0.2, 0) is 0 Å². The number of nitriles is 1. The number of allylic oxidation sites excluding steroid dienone is 5. The van der Waals surface area contributed by atoms with E-state index in [1.807, 2.05) is 53.1 Å². The number of hydrogen-bond acceptors (Lipinski definition) is 2. The second kappa shape index (κ2) is 12.7. The zero-order chi connectivity index (χ0) is 13.7. The molecule has 0 bridgehead atoms. The topological polar surface area (TPSA) is 27.0 Å². The minimum atomic E-state index is -0.0545. The van der Waals surface area contributed by atoms with Crippen LogP contribution in [0.15, 0.2) is 36.5 Å². The van der Waals surface area contributed by atoms with Gasteiger partial charge in [0, 0.05) is 0 Å². The maximum Gasteiger partial charge on any atom is 0.0724 e. The van der Waals surface area contributed by atoms with E-state index in [2.05, 4.69) is 17.5 Å². The molecule has 0 spiro atoms. The summed E-state index contributed by atoms with van der Waals surface area (Å²) in [6.45, 7) is 10.6. The number of rotatable bonds is 6. The third-order valence-electron chi connectivity index (χ3n) is 2.14. The predicted octanol–water partition coefficient (Wildman–Crippen LogP) is 3.79. The highest BCUT2D eigenvalue weighted by Crippen LogP contribution is 2.15. The summed E-state index contributed by atoms with van der Waals surface area (Å²) in [5, 5.41) is 9.06. The molecule has 96 valence electrons. The van der Waals surface area contributed by atoms with Crippen molar-refractivity contribution in [3.05, 3.63) is 36.5 Å². The van der Waals surface area contributed by atoms with Crippen molar-refractivity contribution in [1.82, 2.24) is 4.90 Å². The SMILES string of the molecule is C=C/C(=C\C=C/C)C(C#N)CCN(C)C.CC. The number of hydrogen-bond donors (Lipinski definition) is 0. The molecule has 0 heterocycles. The Balaban J connectivity index is 0. The Morgan fingerprint density at radius 1 is 1.41 bits per heavy atom. The van der Waals surface area contributed by atoms with E-state index in [0.29, 0.717) is 0 Å². The smallest absolute Gasteiger partial charge is 0.0724 e. The van der Waals surface area contributed by atoms with Crippen molar-refractivity contribution in [3.8, 4) is 6.07 Å². The molecule has 0 saturated carbocycles. The molecule has 0 fully saturated rings. The molecule has 17 heavy (non-hydrogen) atoms. The standard InChI is InChI=1S/C13H20N2.C2H6/c1-5-7-8-12(6-2)13(11-14)9-10-15(3)4;1-2/h5-8,13H,2,9-10H2,1,3-4H3;1-2H3/b7-5-,12-8+;. The lowest BCUT2D eigenvalue weighted by Gasteiger charge is -2.13. The van der Waals surface area contributed by atoms with Crippen LogP contribution in [0.3, 0.4) is 0 Å². The highest BCUT2D eigenvalue weighted by Gasteiger charge is 2.10. The molecule has 2 nitrogen and oxygen atoms in total. The van der Waals surface area contributed by atoms with E-state index in [9.17, 15) is 0 Å². The van der Waals surface area contributed by atoms with Crippen molar-refractivity contribution >= 4 is 0 Å². The molecule has 2 heteroatoms. The quantitative estimate of drug-likeness (QED) is 0.654. The summed E-state index contributed by atoms with van der Waals surface area (Å²) >= 11 is 0. The normalized spacial score (nSPS) is 12.9. The molecular formula is C15H26N2. The first kappa shape index (κ1) is 18.0. The van der Waals surface area contributed by atoms with Crippen molar-refractivity contribution in [2.24, 2.45) is 5.92 Å². The Kier molecular flexibility index (Phi) is 13.5. The van der Waals surface area contributed by atoms with Crippen LogP contribution in [0.1, 0.15) is 27.2 Å². The molecule has 0 amide bonds. The number of nitrogens with zero attached hydrogens (tertiary/aromatic N) is 2. The lowest BCUT2D eigenvalue weighted by atomic mass is 9.96. The van der Waals surface area contributed by atoms with Gasteiger partial charge in [0.2, 0.25) is 0 Å². The molecule has 0 saturated heterocycles. The van der Waals surface area contributed by atoms with Crippen molar-refractivity contribution < 1.29 is 0 Å². The fraction of sp³-hybridized carbons (Fsp3) is 0.533. The molecule has 0 aliphatic carbocycles. The third kappa shape index (κ3) is 9.59. The second-order valence-corrected chi connectivity index (χ2v) is 3.67. The molecule has 0 radical (unpaired) electrons. The van der Waals surface area contributed by atoms with Gasteiger partial charge in [-0.1, -0.05) is 44.7 Å². The third-order valence-corrected chi connectivity index (χ3v) is 2.14. The first-order valence-electron chi connectivity index (χ1n) is 6.15. The largest absolute Gasteiger partial charge is 0.309 e. The van der Waals surface area contributed by atoms with Gasteiger partial charge in [-0.3, -0.25) is 0 Å². The van der Waals surface area contributed by atoms with E-state index in [1.54, 1.807) is 6.08 Å². The fourth-order valence-electron chi connectivity index (χ4n) is 1.23. The Labute approximate surface area is 107 Å². The summed E-state index contributed by atoms with van der Waals surface area (Å²) < 4.78 is 0. The minimum Gasteiger partial charge on any atom is -0.309 e. The van der Waals surface area contributed by atoms with Crippen molar-refractivity contribution in [2.45, 2.75) is 27.2 Å². The lowest BCUT2D eigenvalue weighted by Crippen LogP contribution is -2.16. The van der Waals surface area contributed by atoms with Gasteiger partial charge in [0.1, 0.15) is 0 Å². The van der Waals surface area contributed by atoms with Gasteiger partial charge in [-0.05, 0) is 39.6 Å². The Bertz CT molecular complexity index is 280. The molecule has 0 aliphatic rings. The van der Waals surface area contributed by atoms with Crippen molar-refractivity contribution in [1.29, 1.82) is 5.26 Å². The summed E-state index contributed by atoms with van der Waals surface area (Å²) in [6.07, 6.45) is 8.46. The van der Waals surface area contributed by atoms with Crippen molar-refractivity contribution in [2.75, 3.05) is 20.6 Å². The fourth-order valence-corrected chi connectivity index (χ4v) is 1.23. The zero-order valence-electron chi connectivity index (χ0n) is 11.9. The molecule has 0 aromatic heterocycles. The highest BCUT2D eigenvalue weighted by atomic mass is 15.0. The Morgan fingerprint density at radius 3 is 2.35 bits per heavy atom. The summed E-state index contributed by atoms with van der Waals surface area (Å²) in [4.78, 5) is 2.08. The van der Waals surface area contributed by atoms with Gasteiger partial charge < -0.3 is 4.90 Å². The Morgan fingerprint density at radius 2 is 2.00 bits per heavy atom. The molecule has 0 aromatic rings.